The van der Waals surface area contributed by atoms with Gasteiger partial charge in [-0.05, 0) is 72.5 Å². The quantitative estimate of drug-likeness (QED) is 0.532. The number of halogens is 1. The van der Waals surface area contributed by atoms with Crippen molar-refractivity contribution >= 4 is 22.7 Å². The predicted molar refractivity (Wildman–Crippen MR) is 103 cm³/mol. The molecule has 5 heteroatoms. The molecule has 0 bridgehead atoms. The lowest BCUT2D eigenvalue weighted by Crippen LogP contribution is -1.99. The van der Waals surface area contributed by atoms with Gasteiger partial charge in [-0.1, -0.05) is 0 Å². The first-order valence-corrected chi connectivity index (χ1v) is 9.83. The topological polar surface area (TPSA) is 31.4 Å². The summed E-state index contributed by atoms with van der Waals surface area (Å²) in [7, 11) is 1.70. The minimum atomic E-state index is -0.245. The summed E-state index contributed by atoms with van der Waals surface area (Å²) in [6.07, 6.45) is 6.09. The van der Waals surface area contributed by atoms with Gasteiger partial charge in [0.25, 0.3) is 0 Å². The van der Waals surface area contributed by atoms with Gasteiger partial charge in [0, 0.05) is 16.5 Å². The van der Waals surface area contributed by atoms with E-state index in [1.54, 1.807) is 13.3 Å². The second-order valence-electron chi connectivity index (χ2n) is 6.48. The highest BCUT2D eigenvalue weighted by atomic mass is 32.2. The molecule has 1 aliphatic rings. The number of fused-ring (bicyclic) bond motifs is 1. The van der Waals surface area contributed by atoms with Crippen LogP contribution in [0.3, 0.4) is 0 Å². The second-order valence-corrected chi connectivity index (χ2v) is 7.36. The molecule has 0 N–H and O–H groups in total. The van der Waals surface area contributed by atoms with Crippen LogP contribution in [-0.2, 0) is 6.61 Å². The van der Waals surface area contributed by atoms with Crippen LogP contribution in [0.2, 0.25) is 0 Å². The maximum atomic E-state index is 13.7. The van der Waals surface area contributed by atoms with Crippen LogP contribution >= 0.6 is 11.8 Å². The molecule has 4 rings (SSSR count). The van der Waals surface area contributed by atoms with Gasteiger partial charge in [-0.15, -0.1) is 11.8 Å². The molecule has 3 aromatic rings. The molecule has 134 valence electrons. The number of nitrogens with zero attached hydrogens (tertiary/aromatic N) is 1. The fourth-order valence-corrected chi connectivity index (χ4v) is 3.66. The summed E-state index contributed by atoms with van der Waals surface area (Å²) < 4.78 is 25.3. The van der Waals surface area contributed by atoms with Crippen molar-refractivity contribution in [2.45, 2.75) is 30.3 Å². The third-order valence-corrected chi connectivity index (χ3v) is 5.34. The van der Waals surface area contributed by atoms with Gasteiger partial charge < -0.3 is 9.47 Å². The third kappa shape index (κ3) is 3.49. The zero-order chi connectivity index (χ0) is 18.1. The molecule has 3 nitrogen and oxygen atoms in total. The molecule has 0 radical (unpaired) electrons. The second kappa shape index (κ2) is 7.16. The highest BCUT2D eigenvalue weighted by Crippen LogP contribution is 2.46. The molecule has 0 aliphatic heterocycles. The van der Waals surface area contributed by atoms with E-state index in [1.807, 2.05) is 24.5 Å². The number of methoxy groups -OCH3 is 1. The molecule has 1 heterocycles. The number of thioether (sulfide) groups is 1. The first kappa shape index (κ1) is 17.2. The van der Waals surface area contributed by atoms with Crippen LogP contribution < -0.4 is 9.47 Å². The SMILES string of the molecule is COc1cc2c(OCc3cc(F)cc(SC)c3)ccnc2cc1C1CC1. The van der Waals surface area contributed by atoms with Crippen LogP contribution in [-0.4, -0.2) is 18.3 Å². The van der Waals surface area contributed by atoms with Crippen molar-refractivity contribution < 1.29 is 13.9 Å². The van der Waals surface area contributed by atoms with Crippen molar-refractivity contribution in [1.29, 1.82) is 0 Å². The van der Waals surface area contributed by atoms with E-state index in [-0.39, 0.29) is 5.82 Å². The summed E-state index contributed by atoms with van der Waals surface area (Å²) in [5, 5.41) is 0.912. The van der Waals surface area contributed by atoms with Gasteiger partial charge in [0.2, 0.25) is 0 Å². The largest absolute Gasteiger partial charge is 0.496 e. The van der Waals surface area contributed by atoms with Crippen molar-refractivity contribution in [3.8, 4) is 11.5 Å². The fraction of sp³-hybridized carbons (Fsp3) is 0.286. The van der Waals surface area contributed by atoms with Crippen molar-refractivity contribution in [1.82, 2.24) is 4.98 Å². The minimum Gasteiger partial charge on any atom is -0.496 e. The van der Waals surface area contributed by atoms with Gasteiger partial charge in [-0.3, -0.25) is 4.98 Å². The van der Waals surface area contributed by atoms with E-state index >= 15 is 0 Å². The molecule has 1 aliphatic carbocycles. The normalized spacial score (nSPS) is 13.8. The van der Waals surface area contributed by atoms with Crippen molar-refractivity contribution in [2.75, 3.05) is 13.4 Å². The molecular weight excluding hydrogens is 349 g/mol. The Morgan fingerprint density at radius 2 is 2.00 bits per heavy atom. The van der Waals surface area contributed by atoms with Gasteiger partial charge in [-0.2, -0.15) is 0 Å². The summed E-state index contributed by atoms with van der Waals surface area (Å²) in [5.74, 6) is 1.95. The molecule has 0 amide bonds. The molecule has 0 atom stereocenters. The van der Waals surface area contributed by atoms with Crippen LogP contribution in [0, 0.1) is 5.82 Å². The average Bonchev–Trinajstić information content (AvgIpc) is 3.49. The maximum absolute atomic E-state index is 13.7. The molecule has 1 fully saturated rings. The first-order valence-electron chi connectivity index (χ1n) is 8.61. The third-order valence-electron chi connectivity index (χ3n) is 4.63. The fourth-order valence-electron chi connectivity index (χ4n) is 3.16. The Labute approximate surface area is 156 Å². The van der Waals surface area contributed by atoms with Gasteiger partial charge in [0.1, 0.15) is 23.9 Å². The van der Waals surface area contributed by atoms with Gasteiger partial charge >= 0.3 is 0 Å². The molecule has 26 heavy (non-hydrogen) atoms. The van der Waals surface area contributed by atoms with Crippen LogP contribution in [0.1, 0.15) is 29.9 Å². The highest BCUT2D eigenvalue weighted by molar-refractivity contribution is 7.98. The number of aromatic nitrogens is 1. The van der Waals surface area contributed by atoms with Gasteiger partial charge in [0.05, 0.1) is 12.6 Å². The minimum absolute atomic E-state index is 0.245. The molecule has 1 aromatic heterocycles. The molecule has 0 unspecified atom stereocenters. The molecular formula is C21H20FNO2S. The standard InChI is InChI=1S/C21H20FNO2S/c1-24-21-11-18-19(10-17(21)14-3-4-14)23-6-5-20(18)25-12-13-7-15(22)9-16(8-13)26-2/h5-11,14H,3-4,12H2,1-2H3. The Bertz CT molecular complexity index is 956. The highest BCUT2D eigenvalue weighted by Gasteiger charge is 2.27. The maximum Gasteiger partial charge on any atom is 0.130 e. The van der Waals surface area contributed by atoms with E-state index in [0.29, 0.717) is 12.5 Å². The number of benzene rings is 2. The predicted octanol–water partition coefficient (Wildman–Crippen LogP) is 5.56. The Morgan fingerprint density at radius 1 is 1.15 bits per heavy atom. The van der Waals surface area contributed by atoms with Gasteiger partial charge in [0.15, 0.2) is 0 Å². The van der Waals surface area contributed by atoms with E-state index in [2.05, 4.69) is 11.1 Å². The summed E-state index contributed by atoms with van der Waals surface area (Å²) in [5.41, 5.74) is 2.93. The molecule has 0 saturated heterocycles. The van der Waals surface area contributed by atoms with Crippen LogP contribution in [0.25, 0.3) is 10.9 Å². The van der Waals surface area contributed by atoms with E-state index in [9.17, 15) is 4.39 Å². The zero-order valence-electron chi connectivity index (χ0n) is 14.8. The monoisotopic (exact) mass is 369 g/mol. The van der Waals surface area contributed by atoms with Crippen molar-refractivity contribution in [3.05, 3.63) is 59.5 Å². The lowest BCUT2D eigenvalue weighted by molar-refractivity contribution is 0.308. The summed E-state index contributed by atoms with van der Waals surface area (Å²) in [6, 6.07) is 10.9. The summed E-state index contributed by atoms with van der Waals surface area (Å²) in [6.45, 7) is 0.303. The van der Waals surface area contributed by atoms with E-state index in [1.165, 1.54) is 42.3 Å². The zero-order valence-corrected chi connectivity index (χ0v) is 15.6. The number of pyridine rings is 1. The Kier molecular flexibility index (Phi) is 4.72. The first-order chi connectivity index (χ1) is 12.7. The molecule has 1 saturated carbocycles. The smallest absolute Gasteiger partial charge is 0.130 e. The molecule has 0 spiro atoms. The lowest BCUT2D eigenvalue weighted by Gasteiger charge is -2.13. The number of ether oxygens (including phenoxy) is 2. The Morgan fingerprint density at radius 3 is 2.73 bits per heavy atom. The number of hydrogen-bond acceptors (Lipinski definition) is 4. The summed E-state index contributed by atoms with van der Waals surface area (Å²) >= 11 is 1.51. The van der Waals surface area contributed by atoms with Crippen LogP contribution in [0.15, 0.2) is 47.5 Å². The lowest BCUT2D eigenvalue weighted by atomic mass is 10.1. The van der Waals surface area contributed by atoms with E-state index in [0.717, 1.165) is 32.9 Å². The van der Waals surface area contributed by atoms with Crippen LogP contribution in [0.5, 0.6) is 11.5 Å². The van der Waals surface area contributed by atoms with E-state index in [4.69, 9.17) is 9.47 Å². The summed E-state index contributed by atoms with van der Waals surface area (Å²) in [4.78, 5) is 5.37. The van der Waals surface area contributed by atoms with Crippen molar-refractivity contribution in [2.24, 2.45) is 0 Å². The van der Waals surface area contributed by atoms with Crippen LogP contribution in [0.4, 0.5) is 4.39 Å². The number of rotatable bonds is 6. The van der Waals surface area contributed by atoms with E-state index < -0.39 is 0 Å². The Hall–Kier alpha value is -2.27. The molecule has 2 aromatic carbocycles. The van der Waals surface area contributed by atoms with Gasteiger partial charge in [-0.25, -0.2) is 4.39 Å². The number of hydrogen-bond donors (Lipinski definition) is 0. The Balaban J connectivity index is 1.65. The average molecular weight is 369 g/mol. The van der Waals surface area contributed by atoms with Crippen molar-refractivity contribution in [3.63, 3.8) is 0 Å².